The molecule has 2 bridgehead atoms. The lowest BCUT2D eigenvalue weighted by Gasteiger charge is -2.65. The molecule has 1 aromatic carbocycles. The summed E-state index contributed by atoms with van der Waals surface area (Å²) in [5.41, 5.74) is 1.65. The van der Waals surface area contributed by atoms with Crippen molar-refractivity contribution in [2.75, 3.05) is 6.54 Å². The minimum Gasteiger partial charge on any atom is -0.387 e. The van der Waals surface area contributed by atoms with Gasteiger partial charge in [-0.3, -0.25) is 4.79 Å². The molecule has 3 heteroatoms. The number of hydrogen-bond donors (Lipinski definition) is 1. The highest BCUT2D eigenvalue weighted by Crippen LogP contribution is 2.59. The van der Waals surface area contributed by atoms with E-state index in [9.17, 15) is 9.90 Å². The molecule has 1 saturated heterocycles. The Balaban J connectivity index is 1.61. The number of carbonyl (C=O) groups is 1. The van der Waals surface area contributed by atoms with Crippen LogP contribution in [0.25, 0.3) is 0 Å². The van der Waals surface area contributed by atoms with Gasteiger partial charge in [-0.15, -0.1) is 6.58 Å². The largest absolute Gasteiger partial charge is 0.387 e. The van der Waals surface area contributed by atoms with Crippen molar-refractivity contribution >= 4 is 5.91 Å². The summed E-state index contributed by atoms with van der Waals surface area (Å²) in [4.78, 5) is 15.2. The Morgan fingerprint density at radius 3 is 2.77 bits per heavy atom. The zero-order valence-corrected chi connectivity index (χ0v) is 15.5. The number of benzene rings is 1. The molecule has 0 radical (unpaired) electrons. The lowest BCUT2D eigenvalue weighted by Crippen LogP contribution is -2.74. The Morgan fingerprint density at radius 1 is 1.23 bits per heavy atom. The van der Waals surface area contributed by atoms with Crippen LogP contribution in [-0.2, 0) is 16.6 Å². The number of carbonyl (C=O) groups excluding carboxylic acids is 1. The average Bonchev–Trinajstić information content (AvgIpc) is 2.59. The minimum absolute atomic E-state index is 0.0648. The molecule has 2 saturated carbocycles. The maximum atomic E-state index is 13.1. The summed E-state index contributed by atoms with van der Waals surface area (Å²) in [5, 5.41) is 12.1. The first-order chi connectivity index (χ1) is 12.6. The van der Waals surface area contributed by atoms with Gasteiger partial charge in [0.1, 0.15) is 0 Å². The summed E-state index contributed by atoms with van der Waals surface area (Å²) < 4.78 is 0. The third-order valence-electron chi connectivity index (χ3n) is 8.06. The summed E-state index contributed by atoms with van der Waals surface area (Å²) in [6.45, 7) is 4.83. The molecule has 26 heavy (non-hydrogen) atoms. The summed E-state index contributed by atoms with van der Waals surface area (Å²) in [6.07, 6.45) is 9.70. The van der Waals surface area contributed by atoms with Crippen molar-refractivity contribution in [2.24, 2.45) is 11.8 Å². The number of fused-ring (bicyclic) bond motifs is 1. The van der Waals surface area contributed by atoms with Gasteiger partial charge in [0.15, 0.2) is 0 Å². The lowest BCUT2D eigenvalue weighted by molar-refractivity contribution is -0.185. The average molecular weight is 351 g/mol. The molecule has 1 amide bonds. The van der Waals surface area contributed by atoms with E-state index in [1.54, 1.807) is 0 Å². The first-order valence-corrected chi connectivity index (χ1v) is 10.3. The SMILES string of the molecule is C=CC1CC[C@@]2(O)[C@H]3Cc4ccccc4[C@@]2(CCN3C(=O)C2CCC2)C1. The molecule has 0 spiro atoms. The zero-order valence-electron chi connectivity index (χ0n) is 15.5. The quantitative estimate of drug-likeness (QED) is 0.827. The summed E-state index contributed by atoms with van der Waals surface area (Å²) in [5.74, 6) is 0.956. The highest BCUT2D eigenvalue weighted by atomic mass is 16.3. The number of likely N-dealkylation sites (tertiary alicyclic amines) is 1. The highest BCUT2D eigenvalue weighted by molar-refractivity contribution is 5.80. The van der Waals surface area contributed by atoms with E-state index in [1.807, 2.05) is 0 Å². The first-order valence-electron chi connectivity index (χ1n) is 10.3. The fraction of sp³-hybridized carbons (Fsp3) is 0.609. The van der Waals surface area contributed by atoms with Gasteiger partial charge in [-0.1, -0.05) is 36.8 Å². The number of amides is 1. The van der Waals surface area contributed by atoms with Crippen LogP contribution in [-0.4, -0.2) is 34.1 Å². The molecule has 1 heterocycles. The first kappa shape index (κ1) is 16.6. The van der Waals surface area contributed by atoms with Crippen LogP contribution in [0.5, 0.6) is 0 Å². The molecule has 3 fully saturated rings. The van der Waals surface area contributed by atoms with Crippen LogP contribution in [0, 0.1) is 11.8 Å². The number of nitrogens with zero attached hydrogens (tertiary/aromatic N) is 1. The van der Waals surface area contributed by atoms with Crippen LogP contribution in [0.1, 0.15) is 56.1 Å². The van der Waals surface area contributed by atoms with Crippen LogP contribution in [0.3, 0.4) is 0 Å². The van der Waals surface area contributed by atoms with E-state index in [2.05, 4.69) is 41.8 Å². The predicted octanol–water partition coefficient (Wildman–Crippen LogP) is 3.60. The number of hydrogen-bond acceptors (Lipinski definition) is 2. The van der Waals surface area contributed by atoms with Gasteiger partial charge in [0.2, 0.25) is 5.91 Å². The molecule has 1 aromatic rings. The smallest absolute Gasteiger partial charge is 0.226 e. The van der Waals surface area contributed by atoms with E-state index in [0.717, 1.165) is 51.5 Å². The molecule has 1 aliphatic heterocycles. The van der Waals surface area contributed by atoms with E-state index in [-0.39, 0.29) is 17.4 Å². The van der Waals surface area contributed by atoms with Gasteiger partial charge in [-0.2, -0.15) is 0 Å². The van der Waals surface area contributed by atoms with Gasteiger partial charge in [0.05, 0.1) is 11.6 Å². The van der Waals surface area contributed by atoms with Crippen LogP contribution in [0.2, 0.25) is 0 Å². The number of piperidine rings is 1. The molecule has 1 N–H and O–H groups in total. The zero-order chi connectivity index (χ0) is 17.9. The molecule has 1 unspecified atom stereocenters. The molecular weight excluding hydrogens is 322 g/mol. The fourth-order valence-corrected chi connectivity index (χ4v) is 6.39. The number of rotatable bonds is 2. The second-order valence-electron chi connectivity index (χ2n) is 9.03. The second kappa shape index (κ2) is 5.69. The van der Waals surface area contributed by atoms with Crippen molar-refractivity contribution in [2.45, 2.75) is 68.4 Å². The molecule has 4 atom stereocenters. The Kier molecular flexibility index (Phi) is 3.62. The Morgan fingerprint density at radius 2 is 2.04 bits per heavy atom. The maximum Gasteiger partial charge on any atom is 0.226 e. The molecule has 5 rings (SSSR count). The minimum atomic E-state index is -0.793. The van der Waals surface area contributed by atoms with E-state index in [0.29, 0.717) is 11.8 Å². The third kappa shape index (κ3) is 2.01. The Bertz CT molecular complexity index is 754. The van der Waals surface area contributed by atoms with Crippen LogP contribution >= 0.6 is 0 Å². The standard InChI is InChI=1S/C23H29NO2/c1-2-16-10-11-23(26)20-14-18-6-3-4-9-19(18)22(23,15-16)12-13-24(20)21(25)17-7-5-8-17/h2-4,6,9,16-17,20,26H,1,5,7-8,10-15H2/t16?,20-,22-,23-/m1/s1. The van der Waals surface area contributed by atoms with Crippen molar-refractivity contribution < 1.29 is 9.90 Å². The van der Waals surface area contributed by atoms with E-state index in [1.165, 1.54) is 17.5 Å². The summed E-state index contributed by atoms with van der Waals surface area (Å²) in [7, 11) is 0. The maximum absolute atomic E-state index is 13.1. The number of allylic oxidation sites excluding steroid dienone is 1. The molecular formula is C23H29NO2. The third-order valence-corrected chi connectivity index (χ3v) is 8.06. The van der Waals surface area contributed by atoms with Crippen molar-refractivity contribution in [3.05, 3.63) is 48.0 Å². The van der Waals surface area contributed by atoms with Gasteiger partial charge >= 0.3 is 0 Å². The predicted molar refractivity (Wildman–Crippen MR) is 102 cm³/mol. The van der Waals surface area contributed by atoms with Gasteiger partial charge in [0, 0.05) is 17.9 Å². The van der Waals surface area contributed by atoms with Crippen molar-refractivity contribution in [3.8, 4) is 0 Å². The van der Waals surface area contributed by atoms with E-state index in [4.69, 9.17) is 0 Å². The monoisotopic (exact) mass is 351 g/mol. The second-order valence-corrected chi connectivity index (χ2v) is 9.03. The van der Waals surface area contributed by atoms with Gasteiger partial charge in [-0.05, 0) is 62.0 Å². The van der Waals surface area contributed by atoms with E-state index >= 15 is 0 Å². The topological polar surface area (TPSA) is 40.5 Å². The molecule has 3 nitrogen and oxygen atoms in total. The van der Waals surface area contributed by atoms with Crippen LogP contribution < -0.4 is 0 Å². The fourth-order valence-electron chi connectivity index (χ4n) is 6.39. The molecule has 138 valence electrons. The van der Waals surface area contributed by atoms with Gasteiger partial charge in [0.25, 0.3) is 0 Å². The number of aliphatic hydroxyl groups is 1. The highest BCUT2D eigenvalue weighted by Gasteiger charge is 2.65. The van der Waals surface area contributed by atoms with Crippen molar-refractivity contribution in [3.63, 3.8) is 0 Å². The van der Waals surface area contributed by atoms with Crippen molar-refractivity contribution in [1.29, 1.82) is 0 Å². The summed E-state index contributed by atoms with van der Waals surface area (Å²) in [6, 6.07) is 8.58. The Hall–Kier alpha value is -1.61. The molecule has 3 aliphatic carbocycles. The van der Waals surface area contributed by atoms with Crippen LogP contribution in [0.4, 0.5) is 0 Å². The van der Waals surface area contributed by atoms with Crippen molar-refractivity contribution in [1.82, 2.24) is 4.90 Å². The molecule has 4 aliphatic rings. The summed E-state index contributed by atoms with van der Waals surface area (Å²) >= 11 is 0. The van der Waals surface area contributed by atoms with Gasteiger partial charge in [-0.25, -0.2) is 0 Å². The van der Waals surface area contributed by atoms with E-state index < -0.39 is 5.60 Å². The van der Waals surface area contributed by atoms with Crippen LogP contribution in [0.15, 0.2) is 36.9 Å². The lowest BCUT2D eigenvalue weighted by atomic mass is 9.48. The normalized spacial score (nSPS) is 38.7. The van der Waals surface area contributed by atoms with Gasteiger partial charge < -0.3 is 10.0 Å². The Labute approximate surface area is 156 Å². The molecule has 0 aromatic heterocycles.